The molecule has 0 saturated carbocycles. The van der Waals surface area contributed by atoms with Crippen LogP contribution in [-0.2, 0) is 0 Å². The maximum absolute atomic E-state index is 13.9. The number of ether oxygens (including phenoxy) is 1. The zero-order valence-electron chi connectivity index (χ0n) is 9.29. The number of hydrogen-bond acceptors (Lipinski definition) is 1. The highest BCUT2D eigenvalue weighted by Crippen LogP contribution is 2.44. The minimum absolute atomic E-state index is 0.240. The van der Waals surface area contributed by atoms with Gasteiger partial charge in [0.05, 0.1) is 17.9 Å². The maximum Gasteiger partial charge on any atom is 0.158 e. The van der Waals surface area contributed by atoms with Gasteiger partial charge in [-0.2, -0.15) is 0 Å². The first-order valence-electron chi connectivity index (χ1n) is 4.96. The zero-order valence-corrected chi connectivity index (χ0v) is 18.8. The monoisotopic (exact) mass is 656 g/mol. The Hall–Kier alpha value is 1.05. The van der Waals surface area contributed by atoms with E-state index < -0.39 is 5.82 Å². The molecule has 0 radical (unpaired) electrons. The molecule has 0 atom stereocenters. The first kappa shape index (κ1) is 17.4. The minimum Gasteiger partial charge on any atom is -0.454 e. The summed E-state index contributed by atoms with van der Waals surface area (Å²) in [6.45, 7) is 0. The molecular weight excluding hydrogens is 659 g/mol. The van der Waals surface area contributed by atoms with Crippen LogP contribution in [0.3, 0.4) is 0 Å². The molecule has 0 aliphatic rings. The molecule has 0 N–H and O–H groups in total. The van der Waals surface area contributed by atoms with Gasteiger partial charge < -0.3 is 4.74 Å². The quantitative estimate of drug-likeness (QED) is 0.233. The summed E-state index contributed by atoms with van der Waals surface area (Å²) in [5.74, 6) is 0.499. The van der Waals surface area contributed by atoms with E-state index in [4.69, 9.17) is 4.74 Å². The Morgan fingerprint density at radius 2 is 1.25 bits per heavy atom. The Morgan fingerprint density at radius 3 is 1.90 bits per heavy atom. The van der Waals surface area contributed by atoms with Crippen molar-refractivity contribution >= 4 is 95.6 Å². The summed E-state index contributed by atoms with van der Waals surface area (Å²) < 4.78 is 23.4. The lowest BCUT2D eigenvalue weighted by atomic mass is 10.3. The summed E-state index contributed by atoms with van der Waals surface area (Å²) in [6.07, 6.45) is 0. The van der Waals surface area contributed by atoms with Gasteiger partial charge in [-0.05, 0) is 114 Å². The molecule has 2 aromatic carbocycles. The molecule has 0 amide bonds. The Labute approximate surface area is 165 Å². The van der Waals surface area contributed by atoms with Crippen molar-refractivity contribution < 1.29 is 9.13 Å². The topological polar surface area (TPSA) is 9.23 Å². The van der Waals surface area contributed by atoms with E-state index in [0.717, 1.165) is 13.4 Å². The number of rotatable bonds is 2. The van der Waals surface area contributed by atoms with E-state index >= 15 is 0 Å². The van der Waals surface area contributed by atoms with Crippen molar-refractivity contribution in [3.8, 4) is 11.5 Å². The molecule has 8 heteroatoms. The Kier molecular flexibility index (Phi) is 6.16. The maximum atomic E-state index is 13.9. The van der Waals surface area contributed by atoms with Crippen molar-refractivity contribution in [2.75, 3.05) is 0 Å². The SMILES string of the molecule is Fc1c(Br)cc(Br)c(Oc2cc(Br)c(Br)cc2Br)c1Br. The van der Waals surface area contributed by atoms with Crippen LogP contribution in [0.2, 0.25) is 0 Å². The molecule has 1 nitrogen and oxygen atoms in total. The lowest BCUT2D eigenvalue weighted by Gasteiger charge is -2.13. The summed E-state index contributed by atoms with van der Waals surface area (Å²) in [6, 6.07) is 5.22. The Bertz CT molecular complexity index is 688. The number of benzene rings is 2. The van der Waals surface area contributed by atoms with Crippen molar-refractivity contribution in [3.63, 3.8) is 0 Å². The first-order chi connectivity index (χ1) is 9.31. The van der Waals surface area contributed by atoms with Gasteiger partial charge in [-0.3, -0.25) is 0 Å². The molecule has 0 fully saturated rings. The van der Waals surface area contributed by atoms with Crippen LogP contribution >= 0.6 is 95.6 Å². The molecule has 0 spiro atoms. The molecule has 0 aliphatic heterocycles. The predicted molar refractivity (Wildman–Crippen MR) is 99.1 cm³/mol. The van der Waals surface area contributed by atoms with Gasteiger partial charge in [0.15, 0.2) is 11.6 Å². The molecule has 106 valence electrons. The van der Waals surface area contributed by atoms with E-state index in [1.54, 1.807) is 12.1 Å². The summed E-state index contributed by atoms with van der Waals surface area (Å²) >= 11 is 19.9. The van der Waals surface area contributed by atoms with Gasteiger partial charge in [-0.1, -0.05) is 0 Å². The van der Waals surface area contributed by atoms with Crippen LogP contribution in [-0.4, -0.2) is 0 Å². The second-order valence-electron chi connectivity index (χ2n) is 3.60. The molecule has 2 aromatic rings. The fourth-order valence-corrected chi connectivity index (χ4v) is 5.02. The van der Waals surface area contributed by atoms with Gasteiger partial charge in [0.2, 0.25) is 0 Å². The lowest BCUT2D eigenvalue weighted by molar-refractivity contribution is 0.465. The van der Waals surface area contributed by atoms with E-state index in [-0.39, 0.29) is 4.47 Å². The third kappa shape index (κ3) is 3.68. The second-order valence-corrected chi connectivity index (χ2v) is 8.66. The highest BCUT2D eigenvalue weighted by Gasteiger charge is 2.17. The molecule has 2 rings (SSSR count). The van der Waals surface area contributed by atoms with E-state index in [2.05, 4.69) is 95.6 Å². The third-order valence-corrected chi connectivity index (χ3v) is 6.60. The van der Waals surface area contributed by atoms with Gasteiger partial charge in [0.1, 0.15) is 5.75 Å². The van der Waals surface area contributed by atoms with E-state index in [9.17, 15) is 4.39 Å². The molecule has 0 bridgehead atoms. The first-order valence-corrected chi connectivity index (χ1v) is 9.72. The highest BCUT2D eigenvalue weighted by atomic mass is 79.9. The largest absolute Gasteiger partial charge is 0.454 e. The number of halogens is 7. The van der Waals surface area contributed by atoms with Gasteiger partial charge in [-0.25, -0.2) is 4.39 Å². The summed E-state index contributed by atoms with van der Waals surface area (Å²) in [7, 11) is 0. The van der Waals surface area contributed by atoms with Crippen LogP contribution in [0.5, 0.6) is 11.5 Å². The van der Waals surface area contributed by atoms with Crippen molar-refractivity contribution in [1.82, 2.24) is 0 Å². The van der Waals surface area contributed by atoms with E-state index in [1.165, 1.54) is 0 Å². The zero-order chi connectivity index (χ0) is 15.0. The van der Waals surface area contributed by atoms with Gasteiger partial charge in [0.25, 0.3) is 0 Å². The molecule has 0 saturated heterocycles. The van der Waals surface area contributed by atoms with Crippen LogP contribution in [0.15, 0.2) is 45.0 Å². The smallest absolute Gasteiger partial charge is 0.158 e. The van der Waals surface area contributed by atoms with Crippen LogP contribution in [0.4, 0.5) is 4.39 Å². The van der Waals surface area contributed by atoms with Crippen molar-refractivity contribution in [1.29, 1.82) is 0 Å². The van der Waals surface area contributed by atoms with Crippen LogP contribution in [0.25, 0.3) is 0 Å². The highest BCUT2D eigenvalue weighted by molar-refractivity contribution is 9.13. The lowest BCUT2D eigenvalue weighted by Crippen LogP contribution is -1.92. The average molecular weight is 662 g/mol. The van der Waals surface area contributed by atoms with Crippen LogP contribution < -0.4 is 4.74 Å². The standard InChI is InChI=1S/C12H3Br6FO/c13-4-1-6(15)9(3-5(4)14)20-12-8(17)2-7(16)11(19)10(12)18/h1-3H. The van der Waals surface area contributed by atoms with Crippen molar-refractivity contribution in [2.24, 2.45) is 0 Å². The van der Waals surface area contributed by atoms with Crippen LogP contribution in [0.1, 0.15) is 0 Å². The van der Waals surface area contributed by atoms with E-state index in [0.29, 0.717) is 20.4 Å². The average Bonchev–Trinajstić information content (AvgIpc) is 2.38. The predicted octanol–water partition coefficient (Wildman–Crippen LogP) is 8.19. The van der Waals surface area contributed by atoms with Gasteiger partial charge in [0, 0.05) is 8.95 Å². The molecule has 0 unspecified atom stereocenters. The minimum atomic E-state index is -0.421. The Balaban J connectivity index is 2.51. The normalized spacial score (nSPS) is 10.8. The second kappa shape index (κ2) is 7.08. The fourth-order valence-electron chi connectivity index (χ4n) is 1.34. The molecule has 0 heterocycles. The molecular formula is C12H3Br6FO. The number of hydrogen-bond donors (Lipinski definition) is 0. The Morgan fingerprint density at radius 1 is 0.700 bits per heavy atom. The third-order valence-electron chi connectivity index (χ3n) is 2.26. The van der Waals surface area contributed by atoms with Crippen molar-refractivity contribution in [3.05, 3.63) is 50.9 Å². The van der Waals surface area contributed by atoms with Gasteiger partial charge in [-0.15, -0.1) is 0 Å². The summed E-state index contributed by atoms with van der Waals surface area (Å²) in [4.78, 5) is 0. The molecule has 20 heavy (non-hydrogen) atoms. The molecule has 0 aliphatic carbocycles. The summed E-state index contributed by atoms with van der Waals surface area (Å²) in [5, 5.41) is 0. The van der Waals surface area contributed by atoms with Gasteiger partial charge >= 0.3 is 0 Å². The van der Waals surface area contributed by atoms with Crippen LogP contribution in [0, 0.1) is 5.82 Å². The van der Waals surface area contributed by atoms with E-state index in [1.807, 2.05) is 6.07 Å². The molecule has 0 aromatic heterocycles. The van der Waals surface area contributed by atoms with Crippen molar-refractivity contribution in [2.45, 2.75) is 0 Å². The fraction of sp³-hybridized carbons (Fsp3) is 0. The summed E-state index contributed by atoms with van der Waals surface area (Å²) in [5.41, 5.74) is 0.